The van der Waals surface area contributed by atoms with Gasteiger partial charge in [-0.3, -0.25) is 9.59 Å². The highest BCUT2D eigenvalue weighted by Gasteiger charge is 2.10. The Kier molecular flexibility index (Phi) is 7.25. The summed E-state index contributed by atoms with van der Waals surface area (Å²) in [7, 11) is 0. The Labute approximate surface area is 160 Å². The number of rotatable bonds is 7. The molecule has 0 radical (unpaired) electrons. The van der Waals surface area contributed by atoms with Crippen LogP contribution in [0.5, 0.6) is 0 Å². The van der Waals surface area contributed by atoms with Gasteiger partial charge < -0.3 is 10.1 Å². The summed E-state index contributed by atoms with van der Waals surface area (Å²) in [5.74, 6) is -1.91. The van der Waals surface area contributed by atoms with Crippen molar-refractivity contribution in [2.45, 2.75) is 13.3 Å². The third-order valence-electron chi connectivity index (χ3n) is 3.54. The summed E-state index contributed by atoms with van der Waals surface area (Å²) in [4.78, 5) is 35.1. The smallest absolute Gasteiger partial charge is 0.331 e. The van der Waals surface area contributed by atoms with Crippen LogP contribution < -0.4 is 5.32 Å². The van der Waals surface area contributed by atoms with Gasteiger partial charge in [-0.2, -0.15) is 0 Å². The van der Waals surface area contributed by atoms with Crippen molar-refractivity contribution in [3.8, 4) is 0 Å². The second-order valence-electron chi connectivity index (χ2n) is 5.48. The van der Waals surface area contributed by atoms with Crippen LogP contribution in [-0.2, 0) is 14.3 Å². The van der Waals surface area contributed by atoms with E-state index < -0.39 is 24.2 Å². The lowest BCUT2D eigenvalue weighted by molar-refractivity contribution is -0.136. The molecule has 5 nitrogen and oxygen atoms in total. The second kappa shape index (κ2) is 9.64. The van der Waals surface area contributed by atoms with Crippen LogP contribution in [0.2, 0.25) is 5.02 Å². The fourth-order valence-electron chi connectivity index (χ4n) is 2.08. The van der Waals surface area contributed by atoms with Crippen molar-refractivity contribution in [1.82, 2.24) is 0 Å². The normalized spacial score (nSPS) is 10.6. The van der Waals surface area contributed by atoms with Crippen molar-refractivity contribution in [2.24, 2.45) is 0 Å². The molecule has 7 heteroatoms. The Balaban J connectivity index is 1.90. The molecule has 2 aromatic carbocycles. The number of ketones is 1. The standard InChI is InChI=1S/C20H17ClFNO4/c1-2-19(25)23-14-8-6-13(7-9-14)18(24)12-27-20(26)11-10-15-16(21)4-3-5-17(15)22/h3-11H,2,12H2,1H3,(H,23,25)/b11-10+. The molecule has 1 amide bonds. The minimum atomic E-state index is -0.797. The molecule has 0 aliphatic rings. The molecule has 0 aliphatic carbocycles. The van der Waals surface area contributed by atoms with Crippen molar-refractivity contribution in [3.63, 3.8) is 0 Å². The predicted octanol–water partition coefficient (Wildman–Crippen LogP) is 4.27. The zero-order valence-electron chi connectivity index (χ0n) is 14.5. The highest BCUT2D eigenvalue weighted by atomic mass is 35.5. The van der Waals surface area contributed by atoms with Crippen LogP contribution in [0.3, 0.4) is 0 Å². The Bertz CT molecular complexity index is 858. The highest BCUT2D eigenvalue weighted by molar-refractivity contribution is 6.32. The van der Waals surface area contributed by atoms with Crippen LogP contribution in [0.15, 0.2) is 48.5 Å². The Hall–Kier alpha value is -2.99. The van der Waals surface area contributed by atoms with Gasteiger partial charge in [0.2, 0.25) is 5.91 Å². The molecule has 0 fully saturated rings. The molecule has 140 valence electrons. The largest absolute Gasteiger partial charge is 0.454 e. The average molecular weight is 390 g/mol. The molecule has 0 saturated heterocycles. The lowest BCUT2D eigenvalue weighted by Crippen LogP contribution is -2.13. The maximum absolute atomic E-state index is 13.6. The molecule has 1 N–H and O–H groups in total. The van der Waals surface area contributed by atoms with Gasteiger partial charge in [0, 0.05) is 29.3 Å². The number of hydrogen-bond acceptors (Lipinski definition) is 4. The summed E-state index contributed by atoms with van der Waals surface area (Å²) in [5.41, 5.74) is 0.964. The van der Waals surface area contributed by atoms with Gasteiger partial charge in [-0.05, 0) is 42.5 Å². The zero-order valence-corrected chi connectivity index (χ0v) is 15.3. The lowest BCUT2D eigenvalue weighted by Gasteiger charge is -2.05. The summed E-state index contributed by atoms with van der Waals surface area (Å²) in [5, 5.41) is 2.82. The van der Waals surface area contributed by atoms with Gasteiger partial charge >= 0.3 is 5.97 Å². The summed E-state index contributed by atoms with van der Waals surface area (Å²) < 4.78 is 18.5. The Morgan fingerprint density at radius 1 is 1.15 bits per heavy atom. The van der Waals surface area contributed by atoms with Gasteiger partial charge in [0.15, 0.2) is 12.4 Å². The molecule has 2 aromatic rings. The first kappa shape index (κ1) is 20.3. The van der Waals surface area contributed by atoms with E-state index in [-0.39, 0.29) is 16.5 Å². The first-order valence-corrected chi connectivity index (χ1v) is 8.50. The number of halogens is 2. The molecule has 27 heavy (non-hydrogen) atoms. The maximum Gasteiger partial charge on any atom is 0.331 e. The molecule has 0 saturated carbocycles. The van der Waals surface area contributed by atoms with Crippen molar-refractivity contribution in [2.75, 3.05) is 11.9 Å². The molecule has 0 spiro atoms. The molecular formula is C20H17ClFNO4. The van der Waals surface area contributed by atoms with E-state index in [0.717, 1.165) is 6.08 Å². The SMILES string of the molecule is CCC(=O)Nc1ccc(C(=O)COC(=O)/C=C/c2c(F)cccc2Cl)cc1. The first-order chi connectivity index (χ1) is 12.9. The lowest BCUT2D eigenvalue weighted by atomic mass is 10.1. The van der Waals surface area contributed by atoms with E-state index in [9.17, 15) is 18.8 Å². The average Bonchev–Trinajstić information content (AvgIpc) is 2.66. The van der Waals surface area contributed by atoms with Crippen LogP contribution in [-0.4, -0.2) is 24.3 Å². The first-order valence-electron chi connectivity index (χ1n) is 8.12. The van der Waals surface area contributed by atoms with Gasteiger partial charge in [-0.25, -0.2) is 9.18 Å². The highest BCUT2D eigenvalue weighted by Crippen LogP contribution is 2.20. The van der Waals surface area contributed by atoms with Crippen LogP contribution in [0, 0.1) is 5.82 Å². The van der Waals surface area contributed by atoms with Gasteiger partial charge in [-0.15, -0.1) is 0 Å². The molecule has 0 unspecified atom stereocenters. The number of esters is 1. The fourth-order valence-corrected chi connectivity index (χ4v) is 2.30. The zero-order chi connectivity index (χ0) is 19.8. The van der Waals surface area contributed by atoms with Crippen LogP contribution in [0.1, 0.15) is 29.3 Å². The van der Waals surface area contributed by atoms with Gasteiger partial charge in [0.05, 0.1) is 5.02 Å². The van der Waals surface area contributed by atoms with Gasteiger partial charge in [0.25, 0.3) is 0 Å². The van der Waals surface area contributed by atoms with Crippen LogP contribution in [0.25, 0.3) is 6.08 Å². The van der Waals surface area contributed by atoms with E-state index in [2.05, 4.69) is 5.32 Å². The number of hydrogen-bond donors (Lipinski definition) is 1. The Morgan fingerprint density at radius 2 is 1.85 bits per heavy atom. The second-order valence-corrected chi connectivity index (χ2v) is 5.89. The van der Waals surface area contributed by atoms with E-state index in [1.54, 1.807) is 19.1 Å². The number of Topliss-reactive ketones (excluding diaryl/α,β-unsaturated/α-hetero) is 1. The van der Waals surface area contributed by atoms with E-state index >= 15 is 0 Å². The third-order valence-corrected chi connectivity index (χ3v) is 3.87. The van der Waals surface area contributed by atoms with Crippen molar-refractivity contribution in [1.29, 1.82) is 0 Å². The predicted molar refractivity (Wildman–Crippen MR) is 101 cm³/mol. The Morgan fingerprint density at radius 3 is 2.48 bits per heavy atom. The summed E-state index contributed by atoms with van der Waals surface area (Å²) in [6.07, 6.45) is 2.54. The molecule has 0 aliphatic heterocycles. The van der Waals surface area contributed by atoms with Crippen molar-refractivity contribution < 1.29 is 23.5 Å². The summed E-state index contributed by atoms with van der Waals surface area (Å²) in [6, 6.07) is 10.4. The summed E-state index contributed by atoms with van der Waals surface area (Å²) >= 11 is 5.85. The molecule has 0 heterocycles. The fraction of sp³-hybridized carbons (Fsp3) is 0.150. The van der Waals surface area contributed by atoms with Crippen molar-refractivity contribution >= 4 is 41.0 Å². The number of ether oxygens (including phenoxy) is 1. The number of anilines is 1. The van der Waals surface area contributed by atoms with E-state index in [1.807, 2.05) is 0 Å². The molecule has 2 rings (SSSR count). The summed E-state index contributed by atoms with van der Waals surface area (Å²) in [6.45, 7) is 1.27. The molecule has 0 bridgehead atoms. The number of carbonyl (C=O) groups excluding carboxylic acids is 3. The van der Waals surface area contributed by atoms with E-state index in [4.69, 9.17) is 16.3 Å². The minimum Gasteiger partial charge on any atom is -0.454 e. The monoisotopic (exact) mass is 389 g/mol. The van der Waals surface area contributed by atoms with Crippen LogP contribution >= 0.6 is 11.6 Å². The minimum absolute atomic E-state index is 0.0622. The number of benzene rings is 2. The van der Waals surface area contributed by atoms with Gasteiger partial charge in [-0.1, -0.05) is 24.6 Å². The third kappa shape index (κ3) is 6.04. The number of amides is 1. The van der Waals surface area contributed by atoms with E-state index in [0.29, 0.717) is 17.7 Å². The molecular weight excluding hydrogens is 373 g/mol. The van der Waals surface area contributed by atoms with Crippen LogP contribution in [0.4, 0.5) is 10.1 Å². The van der Waals surface area contributed by atoms with Crippen molar-refractivity contribution in [3.05, 3.63) is 70.5 Å². The van der Waals surface area contributed by atoms with Gasteiger partial charge in [0.1, 0.15) is 5.82 Å². The van der Waals surface area contributed by atoms with E-state index in [1.165, 1.54) is 36.4 Å². The molecule has 0 atom stereocenters. The maximum atomic E-state index is 13.6. The number of carbonyl (C=O) groups is 3. The topological polar surface area (TPSA) is 72.5 Å². The quantitative estimate of drug-likeness (QED) is 0.436. The number of nitrogens with one attached hydrogen (secondary N) is 1. The molecule has 0 aromatic heterocycles.